The van der Waals surface area contributed by atoms with Crippen molar-refractivity contribution in [3.63, 3.8) is 0 Å². The van der Waals surface area contributed by atoms with Gasteiger partial charge in [0.1, 0.15) is 6.10 Å². The lowest BCUT2D eigenvalue weighted by atomic mass is 9.87. The lowest BCUT2D eigenvalue weighted by Gasteiger charge is -2.15. The minimum absolute atomic E-state index is 0.0105. The van der Waals surface area contributed by atoms with Gasteiger partial charge in [0.2, 0.25) is 0 Å². The van der Waals surface area contributed by atoms with Crippen molar-refractivity contribution < 1.29 is 9.53 Å². The molecule has 0 aromatic carbocycles. The van der Waals surface area contributed by atoms with Crippen LogP contribution in [0.2, 0.25) is 0 Å². The topological polar surface area (TPSA) is 26.3 Å². The summed E-state index contributed by atoms with van der Waals surface area (Å²) in [7, 11) is 0. The van der Waals surface area contributed by atoms with Crippen molar-refractivity contribution in [3.05, 3.63) is 12.2 Å². The molecule has 2 bridgehead atoms. The van der Waals surface area contributed by atoms with E-state index >= 15 is 0 Å². The smallest absolute Gasteiger partial charge is 0.309 e. The molecule has 1 saturated heterocycles. The van der Waals surface area contributed by atoms with E-state index in [0.717, 1.165) is 24.8 Å². The van der Waals surface area contributed by atoms with E-state index in [4.69, 9.17) is 4.74 Å². The monoisotopic (exact) mass is 138 g/mol. The van der Waals surface area contributed by atoms with E-state index in [2.05, 4.69) is 6.58 Å². The lowest BCUT2D eigenvalue weighted by Crippen LogP contribution is -2.13. The van der Waals surface area contributed by atoms with Gasteiger partial charge >= 0.3 is 5.97 Å². The van der Waals surface area contributed by atoms with Crippen LogP contribution in [0.3, 0.4) is 0 Å². The highest BCUT2D eigenvalue weighted by atomic mass is 16.6. The van der Waals surface area contributed by atoms with Gasteiger partial charge < -0.3 is 4.74 Å². The second kappa shape index (κ2) is 1.84. The molecule has 2 nitrogen and oxygen atoms in total. The van der Waals surface area contributed by atoms with Crippen LogP contribution in [0, 0.1) is 5.92 Å². The molecular formula is C8H10O2. The first-order chi connectivity index (χ1) is 4.77. The summed E-state index contributed by atoms with van der Waals surface area (Å²) in [4.78, 5) is 10.9. The van der Waals surface area contributed by atoms with Gasteiger partial charge in [0.15, 0.2) is 0 Å². The number of hydrogen-bond acceptors (Lipinski definition) is 2. The Morgan fingerprint density at radius 1 is 1.60 bits per heavy atom. The Bertz CT molecular complexity index is 193. The van der Waals surface area contributed by atoms with Gasteiger partial charge in [0.25, 0.3) is 0 Å². The number of ether oxygens (including phenoxy) is 1. The van der Waals surface area contributed by atoms with E-state index in [1.54, 1.807) is 0 Å². The third-order valence-electron chi connectivity index (χ3n) is 2.36. The highest BCUT2D eigenvalue weighted by Crippen LogP contribution is 2.36. The fourth-order valence-corrected chi connectivity index (χ4v) is 1.65. The van der Waals surface area contributed by atoms with Crippen molar-refractivity contribution in [2.45, 2.75) is 25.4 Å². The summed E-state index contributed by atoms with van der Waals surface area (Å²) in [6.07, 6.45) is 2.87. The molecule has 1 aliphatic heterocycles. The van der Waals surface area contributed by atoms with E-state index in [0.29, 0.717) is 0 Å². The zero-order chi connectivity index (χ0) is 7.14. The van der Waals surface area contributed by atoms with Crippen molar-refractivity contribution in [2.75, 3.05) is 0 Å². The summed E-state index contributed by atoms with van der Waals surface area (Å²) in [5.74, 6) is 0.180. The molecule has 1 heterocycles. The predicted molar refractivity (Wildman–Crippen MR) is 36.4 cm³/mol. The summed E-state index contributed by atoms with van der Waals surface area (Å²) in [5.41, 5.74) is 1.10. The van der Waals surface area contributed by atoms with Gasteiger partial charge in [-0.15, -0.1) is 0 Å². The van der Waals surface area contributed by atoms with Crippen LogP contribution in [-0.2, 0) is 9.53 Å². The Morgan fingerprint density at radius 2 is 2.40 bits per heavy atom. The second-order valence-electron chi connectivity index (χ2n) is 3.06. The van der Waals surface area contributed by atoms with Crippen LogP contribution in [0.5, 0.6) is 0 Å². The molecule has 0 N–H and O–H groups in total. The first-order valence-corrected chi connectivity index (χ1v) is 3.65. The van der Waals surface area contributed by atoms with E-state index < -0.39 is 0 Å². The largest absolute Gasteiger partial charge is 0.458 e. The minimum atomic E-state index is -0.0105. The van der Waals surface area contributed by atoms with Crippen LogP contribution in [0.25, 0.3) is 0 Å². The SMILES string of the molecule is C=C1CCC2CC1OC2=O. The lowest BCUT2D eigenvalue weighted by molar-refractivity contribution is -0.142. The zero-order valence-electron chi connectivity index (χ0n) is 5.80. The van der Waals surface area contributed by atoms with Gasteiger partial charge in [-0.3, -0.25) is 4.79 Å². The van der Waals surface area contributed by atoms with E-state index in [1.165, 1.54) is 0 Å². The molecule has 0 amide bonds. The summed E-state index contributed by atoms with van der Waals surface area (Å²) in [5, 5.41) is 0. The van der Waals surface area contributed by atoms with Gasteiger partial charge in [-0.25, -0.2) is 0 Å². The average Bonchev–Trinajstić information content (AvgIpc) is 2.21. The molecule has 10 heavy (non-hydrogen) atoms. The van der Waals surface area contributed by atoms with Gasteiger partial charge in [-0.05, 0) is 18.4 Å². The van der Waals surface area contributed by atoms with E-state index in [1.807, 2.05) is 0 Å². The number of esters is 1. The number of fused-ring (bicyclic) bond motifs is 2. The zero-order valence-corrected chi connectivity index (χ0v) is 5.80. The number of rotatable bonds is 0. The molecule has 2 aliphatic rings. The quantitative estimate of drug-likeness (QED) is 0.372. The molecule has 1 aliphatic carbocycles. The van der Waals surface area contributed by atoms with E-state index in [-0.39, 0.29) is 18.0 Å². The summed E-state index contributed by atoms with van der Waals surface area (Å²) < 4.78 is 5.06. The van der Waals surface area contributed by atoms with Gasteiger partial charge in [0, 0.05) is 6.42 Å². The molecule has 2 unspecified atom stereocenters. The average molecular weight is 138 g/mol. The third-order valence-corrected chi connectivity index (χ3v) is 2.36. The van der Waals surface area contributed by atoms with Crippen LogP contribution < -0.4 is 0 Å². The summed E-state index contributed by atoms with van der Waals surface area (Å²) in [6, 6.07) is 0. The van der Waals surface area contributed by atoms with Crippen molar-refractivity contribution in [1.82, 2.24) is 0 Å². The van der Waals surface area contributed by atoms with Crippen LogP contribution in [0.1, 0.15) is 19.3 Å². The fraction of sp³-hybridized carbons (Fsp3) is 0.625. The first-order valence-electron chi connectivity index (χ1n) is 3.65. The van der Waals surface area contributed by atoms with Crippen molar-refractivity contribution in [2.24, 2.45) is 5.92 Å². The molecule has 0 aromatic rings. The molecule has 2 atom stereocenters. The van der Waals surface area contributed by atoms with Crippen molar-refractivity contribution in [1.29, 1.82) is 0 Å². The maximum atomic E-state index is 10.9. The van der Waals surface area contributed by atoms with Crippen molar-refractivity contribution in [3.8, 4) is 0 Å². The minimum Gasteiger partial charge on any atom is -0.458 e. The highest BCUT2D eigenvalue weighted by Gasteiger charge is 2.39. The molecular weight excluding hydrogens is 128 g/mol. The van der Waals surface area contributed by atoms with Gasteiger partial charge in [0.05, 0.1) is 5.92 Å². The van der Waals surface area contributed by atoms with Crippen LogP contribution in [0.15, 0.2) is 12.2 Å². The standard InChI is InChI=1S/C8H10O2/c1-5-2-3-6-4-7(5)10-8(6)9/h6-7H,1-4H2. The van der Waals surface area contributed by atoms with Crippen LogP contribution in [-0.4, -0.2) is 12.1 Å². The fourth-order valence-electron chi connectivity index (χ4n) is 1.65. The maximum Gasteiger partial charge on any atom is 0.309 e. The number of carbonyl (C=O) groups excluding carboxylic acids is 1. The van der Waals surface area contributed by atoms with Gasteiger partial charge in [-0.2, -0.15) is 0 Å². The molecule has 1 saturated carbocycles. The number of hydrogen-bond donors (Lipinski definition) is 0. The Balaban J connectivity index is 2.22. The van der Waals surface area contributed by atoms with Gasteiger partial charge in [-0.1, -0.05) is 6.58 Å². The third kappa shape index (κ3) is 0.681. The van der Waals surface area contributed by atoms with Crippen LogP contribution in [0.4, 0.5) is 0 Å². The molecule has 2 rings (SSSR count). The maximum absolute atomic E-state index is 10.9. The summed E-state index contributed by atoms with van der Waals surface area (Å²) in [6.45, 7) is 3.85. The molecule has 0 aromatic heterocycles. The van der Waals surface area contributed by atoms with Crippen molar-refractivity contribution >= 4 is 5.97 Å². The molecule has 0 radical (unpaired) electrons. The highest BCUT2D eigenvalue weighted by molar-refractivity contribution is 5.75. The normalized spacial score (nSPS) is 38.0. The van der Waals surface area contributed by atoms with E-state index in [9.17, 15) is 4.79 Å². The molecule has 2 heteroatoms. The molecule has 0 spiro atoms. The van der Waals surface area contributed by atoms with Crippen LogP contribution >= 0.6 is 0 Å². The Hall–Kier alpha value is -0.790. The molecule has 54 valence electrons. The second-order valence-corrected chi connectivity index (χ2v) is 3.06. The molecule has 2 fully saturated rings. The Kier molecular flexibility index (Phi) is 1.10. The Morgan fingerprint density at radius 3 is 3.10 bits per heavy atom. The Labute approximate surface area is 59.9 Å². The number of carbonyl (C=O) groups is 1. The predicted octanol–water partition coefficient (Wildman–Crippen LogP) is 1.27. The summed E-state index contributed by atoms with van der Waals surface area (Å²) >= 11 is 0. The first kappa shape index (κ1) is 5.96.